The fraction of sp³-hybridized carbons (Fsp3) is 0.0800. The highest BCUT2D eigenvalue weighted by Crippen LogP contribution is 2.38. The lowest BCUT2D eigenvalue weighted by molar-refractivity contribution is -0.122. The maximum absolute atomic E-state index is 13.1. The zero-order chi connectivity index (χ0) is 25.1. The summed E-state index contributed by atoms with van der Waals surface area (Å²) < 4.78 is 11.9. The number of imide groups is 2. The van der Waals surface area contributed by atoms with E-state index in [9.17, 15) is 14.4 Å². The van der Waals surface area contributed by atoms with Crippen molar-refractivity contribution in [1.82, 2.24) is 5.32 Å². The number of urea groups is 1. The molecule has 0 spiro atoms. The number of barbiturate groups is 1. The van der Waals surface area contributed by atoms with Gasteiger partial charge in [-0.2, -0.15) is 0 Å². The van der Waals surface area contributed by atoms with Crippen LogP contribution in [0.25, 0.3) is 6.08 Å². The number of nitrogens with zero attached hydrogens (tertiary/aromatic N) is 1. The van der Waals surface area contributed by atoms with Gasteiger partial charge in [0.15, 0.2) is 11.5 Å². The number of anilines is 1. The molecule has 0 radical (unpaired) electrons. The molecule has 3 aromatic carbocycles. The Balaban J connectivity index is 1.63. The molecule has 178 valence electrons. The normalized spacial score (nSPS) is 14.8. The molecule has 0 aromatic heterocycles. The van der Waals surface area contributed by atoms with Crippen LogP contribution in [0.2, 0.25) is 10.0 Å². The molecule has 0 unspecified atom stereocenters. The molecule has 7 nitrogen and oxygen atoms in total. The predicted octanol–water partition coefficient (Wildman–Crippen LogP) is 6.01. The molecule has 35 heavy (non-hydrogen) atoms. The van der Waals surface area contributed by atoms with Gasteiger partial charge >= 0.3 is 6.03 Å². The summed E-state index contributed by atoms with van der Waals surface area (Å²) in [5, 5.41) is 3.06. The number of para-hydroxylation sites is 1. The lowest BCUT2D eigenvalue weighted by Gasteiger charge is -2.26. The molecule has 1 N–H and O–H groups in total. The van der Waals surface area contributed by atoms with E-state index in [-0.39, 0.29) is 12.2 Å². The zero-order valence-corrected chi connectivity index (χ0v) is 21.3. The van der Waals surface area contributed by atoms with Gasteiger partial charge in [0.05, 0.1) is 27.3 Å². The highest BCUT2D eigenvalue weighted by atomic mass is 79.9. The van der Waals surface area contributed by atoms with Crippen molar-refractivity contribution < 1.29 is 23.9 Å². The van der Waals surface area contributed by atoms with Gasteiger partial charge < -0.3 is 9.47 Å². The Hall–Kier alpha value is -3.33. The van der Waals surface area contributed by atoms with Gasteiger partial charge in [0.1, 0.15) is 12.2 Å². The second kappa shape index (κ2) is 10.5. The van der Waals surface area contributed by atoms with Crippen molar-refractivity contribution in [3.63, 3.8) is 0 Å². The van der Waals surface area contributed by atoms with Gasteiger partial charge in [-0.3, -0.25) is 14.9 Å². The molecule has 1 fully saturated rings. The topological polar surface area (TPSA) is 84.9 Å². The van der Waals surface area contributed by atoms with E-state index in [4.69, 9.17) is 32.7 Å². The molecule has 3 aromatic rings. The molecule has 1 aliphatic heterocycles. The van der Waals surface area contributed by atoms with Crippen molar-refractivity contribution in [2.75, 3.05) is 12.0 Å². The predicted molar refractivity (Wildman–Crippen MR) is 137 cm³/mol. The van der Waals surface area contributed by atoms with E-state index in [0.717, 1.165) is 10.5 Å². The van der Waals surface area contributed by atoms with Crippen molar-refractivity contribution in [3.8, 4) is 11.5 Å². The number of hydrogen-bond donors (Lipinski definition) is 1. The van der Waals surface area contributed by atoms with Crippen molar-refractivity contribution >= 4 is 68.7 Å². The Bertz CT molecular complexity index is 1360. The third-order valence-corrected chi connectivity index (χ3v) is 6.37. The summed E-state index contributed by atoms with van der Waals surface area (Å²) >= 11 is 15.5. The summed E-state index contributed by atoms with van der Waals surface area (Å²) in [5.41, 5.74) is 1.43. The van der Waals surface area contributed by atoms with E-state index in [1.807, 2.05) is 0 Å². The molecule has 0 saturated carbocycles. The fourth-order valence-corrected chi connectivity index (χ4v) is 4.28. The van der Waals surface area contributed by atoms with Crippen LogP contribution in [0.4, 0.5) is 10.5 Å². The molecule has 1 aliphatic rings. The highest BCUT2D eigenvalue weighted by molar-refractivity contribution is 9.10. The zero-order valence-electron chi connectivity index (χ0n) is 18.2. The lowest BCUT2D eigenvalue weighted by Crippen LogP contribution is -2.54. The number of hydrogen-bond acceptors (Lipinski definition) is 5. The van der Waals surface area contributed by atoms with Crippen molar-refractivity contribution in [3.05, 3.63) is 91.9 Å². The van der Waals surface area contributed by atoms with E-state index in [1.165, 1.54) is 13.2 Å². The first-order chi connectivity index (χ1) is 16.8. The van der Waals surface area contributed by atoms with Gasteiger partial charge in [0.25, 0.3) is 11.8 Å². The Morgan fingerprint density at radius 1 is 1.00 bits per heavy atom. The van der Waals surface area contributed by atoms with Gasteiger partial charge in [0, 0.05) is 0 Å². The van der Waals surface area contributed by atoms with Crippen LogP contribution in [0, 0.1) is 0 Å². The first kappa shape index (κ1) is 24.8. The van der Waals surface area contributed by atoms with Crippen LogP contribution < -0.4 is 19.7 Å². The number of halogens is 3. The van der Waals surface area contributed by atoms with E-state index >= 15 is 0 Å². The molecule has 1 heterocycles. The smallest absolute Gasteiger partial charge is 0.335 e. The Morgan fingerprint density at radius 2 is 1.74 bits per heavy atom. The van der Waals surface area contributed by atoms with Crippen LogP contribution >= 0.6 is 39.1 Å². The molecular formula is C25H17BrCl2N2O5. The number of benzene rings is 3. The molecule has 4 rings (SSSR count). The van der Waals surface area contributed by atoms with Gasteiger partial charge in [-0.15, -0.1) is 0 Å². The second-order valence-corrected chi connectivity index (χ2v) is 9.03. The first-order valence-corrected chi connectivity index (χ1v) is 11.7. The Labute approximate surface area is 219 Å². The lowest BCUT2D eigenvalue weighted by atomic mass is 10.1. The SMILES string of the molecule is COc1cc(/C=C2\C(=O)NC(=O)N(c3ccccc3)C2=O)cc(Br)c1OCc1ccc(Cl)c(Cl)c1. The van der Waals surface area contributed by atoms with Crippen LogP contribution in [0.1, 0.15) is 11.1 Å². The number of methoxy groups -OCH3 is 1. The average Bonchev–Trinajstić information content (AvgIpc) is 2.83. The molecular weight excluding hydrogens is 559 g/mol. The monoisotopic (exact) mass is 574 g/mol. The molecule has 0 bridgehead atoms. The number of ether oxygens (including phenoxy) is 2. The van der Waals surface area contributed by atoms with E-state index in [1.54, 1.807) is 60.7 Å². The van der Waals surface area contributed by atoms with E-state index in [0.29, 0.717) is 37.3 Å². The van der Waals surface area contributed by atoms with Crippen LogP contribution in [0.5, 0.6) is 11.5 Å². The third-order valence-electron chi connectivity index (χ3n) is 5.05. The summed E-state index contributed by atoms with van der Waals surface area (Å²) in [6.07, 6.45) is 1.38. The quantitative estimate of drug-likeness (QED) is 0.287. The summed E-state index contributed by atoms with van der Waals surface area (Å²) in [6.45, 7) is 0.196. The summed E-state index contributed by atoms with van der Waals surface area (Å²) in [6, 6.07) is 16.0. The van der Waals surface area contributed by atoms with Crippen molar-refractivity contribution in [1.29, 1.82) is 0 Å². The minimum atomic E-state index is -0.812. The molecule has 1 saturated heterocycles. The van der Waals surface area contributed by atoms with E-state index in [2.05, 4.69) is 21.2 Å². The van der Waals surface area contributed by atoms with Crippen LogP contribution in [-0.2, 0) is 16.2 Å². The first-order valence-electron chi connectivity index (χ1n) is 10.2. The number of nitrogens with one attached hydrogen (secondary N) is 1. The number of amides is 4. The minimum Gasteiger partial charge on any atom is -0.493 e. The van der Waals surface area contributed by atoms with Crippen molar-refractivity contribution in [2.45, 2.75) is 6.61 Å². The standard InChI is InChI=1S/C25H17BrCl2N2O5/c1-34-21-12-15(10-18(26)22(21)35-13-14-7-8-19(27)20(28)11-14)9-17-23(31)29-25(33)30(24(17)32)16-5-3-2-4-6-16/h2-12H,13H2,1H3,(H,29,31,33)/b17-9+. The maximum atomic E-state index is 13.1. The molecule has 10 heteroatoms. The molecule has 0 aliphatic carbocycles. The summed E-state index contributed by atoms with van der Waals surface area (Å²) in [4.78, 5) is 38.8. The molecule has 0 atom stereocenters. The Morgan fingerprint density at radius 3 is 2.43 bits per heavy atom. The maximum Gasteiger partial charge on any atom is 0.335 e. The highest BCUT2D eigenvalue weighted by Gasteiger charge is 2.36. The largest absolute Gasteiger partial charge is 0.493 e. The van der Waals surface area contributed by atoms with E-state index < -0.39 is 17.8 Å². The van der Waals surface area contributed by atoms with Crippen LogP contribution in [-0.4, -0.2) is 25.0 Å². The number of rotatable bonds is 6. The number of carbonyl (C=O) groups is 3. The van der Waals surface area contributed by atoms with Crippen molar-refractivity contribution in [2.24, 2.45) is 0 Å². The van der Waals surface area contributed by atoms with Gasteiger partial charge in [-0.1, -0.05) is 47.5 Å². The third kappa shape index (κ3) is 5.35. The van der Waals surface area contributed by atoms with Gasteiger partial charge in [-0.05, 0) is 69.5 Å². The minimum absolute atomic E-state index is 0.196. The molecule has 4 amide bonds. The average molecular weight is 576 g/mol. The van der Waals surface area contributed by atoms with Crippen LogP contribution in [0.15, 0.2) is 70.7 Å². The fourth-order valence-electron chi connectivity index (χ4n) is 3.38. The second-order valence-electron chi connectivity index (χ2n) is 7.36. The van der Waals surface area contributed by atoms with Gasteiger partial charge in [0.2, 0.25) is 0 Å². The van der Waals surface area contributed by atoms with Crippen LogP contribution in [0.3, 0.4) is 0 Å². The summed E-state index contributed by atoms with van der Waals surface area (Å²) in [5.74, 6) is -0.741. The summed E-state index contributed by atoms with van der Waals surface area (Å²) in [7, 11) is 1.47. The van der Waals surface area contributed by atoms with Gasteiger partial charge in [-0.25, -0.2) is 9.69 Å². The Kier molecular flexibility index (Phi) is 7.45. The number of carbonyl (C=O) groups excluding carboxylic acids is 3.